The Bertz CT molecular complexity index is 1380. The molecular formula is C30H31FN6O2. The third kappa shape index (κ3) is 7.30. The van der Waals surface area contributed by atoms with Crippen LogP contribution in [0.5, 0.6) is 5.75 Å². The Labute approximate surface area is 227 Å². The maximum Gasteiger partial charge on any atom is 0.319 e. The summed E-state index contributed by atoms with van der Waals surface area (Å²) in [6.45, 7) is 4.45. The van der Waals surface area contributed by atoms with Gasteiger partial charge in [-0.1, -0.05) is 12.1 Å². The number of pyridine rings is 2. The zero-order valence-corrected chi connectivity index (χ0v) is 21.6. The zero-order valence-electron chi connectivity index (χ0n) is 21.6. The number of hydrogen-bond donors (Lipinski definition) is 3. The summed E-state index contributed by atoms with van der Waals surface area (Å²) in [6, 6.07) is 19.5. The fourth-order valence-corrected chi connectivity index (χ4v) is 4.48. The van der Waals surface area contributed by atoms with E-state index in [0.717, 1.165) is 54.3 Å². The van der Waals surface area contributed by atoms with Gasteiger partial charge >= 0.3 is 6.03 Å². The van der Waals surface area contributed by atoms with Gasteiger partial charge in [-0.3, -0.25) is 4.98 Å². The number of carbonyl (C=O) groups is 1. The van der Waals surface area contributed by atoms with Gasteiger partial charge in [-0.05, 0) is 76.9 Å². The number of aromatic nitrogens is 2. The SMILES string of the molecule is O=C(NCc1cccnc1)Nc1ccc(OCCc2cc(F)ccc2-c2ccnc(N3CCNCC3)c2)cc1. The Morgan fingerprint density at radius 1 is 1.03 bits per heavy atom. The quantitative estimate of drug-likeness (QED) is 0.295. The van der Waals surface area contributed by atoms with Crippen LogP contribution in [0, 0.1) is 5.82 Å². The van der Waals surface area contributed by atoms with Crippen molar-refractivity contribution in [2.75, 3.05) is 43.0 Å². The number of hydrogen-bond acceptors (Lipinski definition) is 6. The van der Waals surface area contributed by atoms with Crippen LogP contribution in [0.4, 0.5) is 20.7 Å². The number of carbonyl (C=O) groups excluding carboxylic acids is 1. The van der Waals surface area contributed by atoms with Gasteiger partial charge in [0.05, 0.1) is 6.61 Å². The van der Waals surface area contributed by atoms with Crippen LogP contribution >= 0.6 is 0 Å². The lowest BCUT2D eigenvalue weighted by Gasteiger charge is -2.28. The number of halogens is 1. The number of anilines is 2. The fraction of sp³-hybridized carbons (Fsp3) is 0.233. The largest absolute Gasteiger partial charge is 0.493 e. The van der Waals surface area contributed by atoms with Crippen LogP contribution in [0.15, 0.2) is 85.3 Å². The second-order valence-corrected chi connectivity index (χ2v) is 9.23. The van der Waals surface area contributed by atoms with Crippen LogP contribution in [-0.4, -0.2) is 48.8 Å². The van der Waals surface area contributed by atoms with Gasteiger partial charge in [0, 0.05) is 63.4 Å². The van der Waals surface area contributed by atoms with Crippen molar-refractivity contribution >= 4 is 17.5 Å². The summed E-state index contributed by atoms with van der Waals surface area (Å²) < 4.78 is 20.1. The molecule has 2 amide bonds. The lowest BCUT2D eigenvalue weighted by atomic mass is 9.98. The molecule has 5 rings (SSSR count). The predicted octanol–water partition coefficient (Wildman–Crippen LogP) is 4.64. The van der Waals surface area contributed by atoms with Crippen LogP contribution in [0.1, 0.15) is 11.1 Å². The van der Waals surface area contributed by atoms with Crippen molar-refractivity contribution in [2.45, 2.75) is 13.0 Å². The molecule has 2 aromatic carbocycles. The normalized spacial score (nSPS) is 13.1. The highest BCUT2D eigenvalue weighted by atomic mass is 19.1. The first-order valence-electron chi connectivity index (χ1n) is 13.0. The van der Waals surface area contributed by atoms with Crippen LogP contribution in [0.2, 0.25) is 0 Å². The molecular weight excluding hydrogens is 495 g/mol. The molecule has 0 atom stereocenters. The fourth-order valence-electron chi connectivity index (χ4n) is 4.48. The van der Waals surface area contributed by atoms with Crippen LogP contribution in [-0.2, 0) is 13.0 Å². The van der Waals surface area contributed by atoms with Crippen molar-refractivity contribution in [1.29, 1.82) is 0 Å². The summed E-state index contributed by atoms with van der Waals surface area (Å²) in [7, 11) is 0. The third-order valence-electron chi connectivity index (χ3n) is 6.49. The summed E-state index contributed by atoms with van der Waals surface area (Å²) in [4.78, 5) is 23.0. The standard InChI is InChI=1S/C30H31FN6O2/c31-25-3-8-28(23-9-12-34-29(19-23)37-15-13-32-14-16-37)24(18-25)10-17-39-27-6-4-26(5-7-27)36-30(38)35-21-22-2-1-11-33-20-22/h1-9,11-12,18-20,32H,10,13-17,21H2,(H2,35,36,38). The molecule has 9 heteroatoms. The molecule has 0 radical (unpaired) electrons. The highest BCUT2D eigenvalue weighted by Gasteiger charge is 2.14. The Morgan fingerprint density at radius 3 is 2.67 bits per heavy atom. The summed E-state index contributed by atoms with van der Waals surface area (Å²) in [6.07, 6.45) is 5.75. The minimum absolute atomic E-state index is 0.276. The molecule has 4 aromatic rings. The minimum atomic E-state index is -0.303. The van der Waals surface area contributed by atoms with E-state index in [9.17, 15) is 9.18 Å². The second kappa shape index (κ2) is 12.8. The Kier molecular flexibility index (Phi) is 8.60. The van der Waals surface area contributed by atoms with Gasteiger partial charge in [0.2, 0.25) is 0 Å². The Morgan fingerprint density at radius 2 is 1.87 bits per heavy atom. The van der Waals surface area contributed by atoms with Crippen molar-refractivity contribution in [2.24, 2.45) is 0 Å². The van der Waals surface area contributed by atoms with Crippen molar-refractivity contribution in [3.8, 4) is 16.9 Å². The van der Waals surface area contributed by atoms with E-state index in [1.807, 2.05) is 30.5 Å². The summed E-state index contributed by atoms with van der Waals surface area (Å²) in [5.41, 5.74) is 4.41. The average molecular weight is 527 g/mol. The summed E-state index contributed by atoms with van der Waals surface area (Å²) in [5.74, 6) is 1.32. The van der Waals surface area contributed by atoms with E-state index < -0.39 is 0 Å². The molecule has 1 aliphatic rings. The number of urea groups is 1. The molecule has 1 aliphatic heterocycles. The van der Waals surface area contributed by atoms with Gasteiger partial charge in [0.1, 0.15) is 17.4 Å². The Balaban J connectivity index is 1.16. The van der Waals surface area contributed by atoms with Crippen LogP contribution < -0.4 is 25.6 Å². The van der Waals surface area contributed by atoms with Gasteiger partial charge in [-0.25, -0.2) is 14.2 Å². The monoisotopic (exact) mass is 526 g/mol. The molecule has 2 aromatic heterocycles. The molecule has 3 heterocycles. The minimum Gasteiger partial charge on any atom is -0.493 e. The van der Waals surface area contributed by atoms with E-state index in [4.69, 9.17) is 4.74 Å². The van der Waals surface area contributed by atoms with E-state index in [2.05, 4.69) is 36.9 Å². The molecule has 1 saturated heterocycles. The molecule has 3 N–H and O–H groups in total. The lowest BCUT2D eigenvalue weighted by molar-refractivity contribution is 0.251. The highest BCUT2D eigenvalue weighted by molar-refractivity contribution is 5.89. The number of nitrogens with zero attached hydrogens (tertiary/aromatic N) is 3. The van der Waals surface area contributed by atoms with Crippen molar-refractivity contribution < 1.29 is 13.9 Å². The molecule has 0 unspecified atom stereocenters. The average Bonchev–Trinajstić information content (AvgIpc) is 2.98. The summed E-state index contributed by atoms with van der Waals surface area (Å²) >= 11 is 0. The zero-order chi connectivity index (χ0) is 26.9. The first-order chi connectivity index (χ1) is 19.1. The smallest absolute Gasteiger partial charge is 0.319 e. The molecule has 0 aliphatic carbocycles. The lowest BCUT2D eigenvalue weighted by Crippen LogP contribution is -2.43. The molecule has 0 saturated carbocycles. The topological polar surface area (TPSA) is 91.4 Å². The molecule has 200 valence electrons. The Hall–Kier alpha value is -4.50. The van der Waals surface area contributed by atoms with E-state index >= 15 is 0 Å². The second-order valence-electron chi connectivity index (χ2n) is 9.23. The number of nitrogens with one attached hydrogen (secondary N) is 3. The number of amides is 2. The van der Waals surface area contributed by atoms with Gasteiger partial charge in [0.15, 0.2) is 0 Å². The number of rotatable bonds is 9. The molecule has 39 heavy (non-hydrogen) atoms. The maximum absolute atomic E-state index is 14.2. The molecule has 0 spiro atoms. The highest BCUT2D eigenvalue weighted by Crippen LogP contribution is 2.28. The summed E-state index contributed by atoms with van der Waals surface area (Å²) in [5, 5.41) is 8.96. The van der Waals surface area contributed by atoms with E-state index in [1.54, 1.807) is 42.7 Å². The third-order valence-corrected chi connectivity index (χ3v) is 6.49. The van der Waals surface area contributed by atoms with Gasteiger partial charge in [0.25, 0.3) is 0 Å². The van der Waals surface area contributed by atoms with Crippen LogP contribution in [0.3, 0.4) is 0 Å². The van der Waals surface area contributed by atoms with E-state index in [1.165, 1.54) is 6.07 Å². The maximum atomic E-state index is 14.2. The van der Waals surface area contributed by atoms with E-state index in [-0.39, 0.29) is 11.8 Å². The van der Waals surface area contributed by atoms with E-state index in [0.29, 0.717) is 31.0 Å². The number of piperazine rings is 1. The van der Waals surface area contributed by atoms with Gasteiger partial charge in [-0.2, -0.15) is 0 Å². The van der Waals surface area contributed by atoms with Crippen LogP contribution in [0.25, 0.3) is 11.1 Å². The van der Waals surface area contributed by atoms with Crippen molar-refractivity contribution in [3.63, 3.8) is 0 Å². The number of benzene rings is 2. The predicted molar refractivity (Wildman–Crippen MR) is 150 cm³/mol. The first-order valence-corrected chi connectivity index (χ1v) is 13.0. The van der Waals surface area contributed by atoms with Gasteiger partial charge < -0.3 is 25.6 Å². The van der Waals surface area contributed by atoms with Gasteiger partial charge in [-0.15, -0.1) is 0 Å². The molecule has 0 bridgehead atoms. The molecule has 1 fully saturated rings. The number of ether oxygens (including phenoxy) is 1. The first kappa shape index (κ1) is 26.1. The van der Waals surface area contributed by atoms with Crippen molar-refractivity contribution in [3.05, 3.63) is 102 Å². The molecule has 8 nitrogen and oxygen atoms in total. The van der Waals surface area contributed by atoms with Crippen molar-refractivity contribution in [1.82, 2.24) is 20.6 Å².